The molecule has 0 spiro atoms. The number of anilines is 2. The van der Waals surface area contributed by atoms with E-state index in [1.54, 1.807) is 13.0 Å². The van der Waals surface area contributed by atoms with Gasteiger partial charge in [0.15, 0.2) is 6.10 Å². The Bertz CT molecular complexity index is 971. The van der Waals surface area contributed by atoms with Gasteiger partial charge in [-0.3, -0.25) is 4.79 Å². The van der Waals surface area contributed by atoms with Crippen molar-refractivity contribution in [3.63, 3.8) is 0 Å². The van der Waals surface area contributed by atoms with Crippen LogP contribution in [0.5, 0.6) is 0 Å². The first kappa shape index (κ1) is 19.1. The number of carbonyl (C=O) groups excluding carboxylic acids is 2. The maximum absolute atomic E-state index is 12.4. The number of benzene rings is 2. The molecule has 2 aromatic carbocycles. The molecule has 2 heterocycles. The van der Waals surface area contributed by atoms with Gasteiger partial charge in [0.25, 0.3) is 5.91 Å². The van der Waals surface area contributed by atoms with E-state index in [0.717, 1.165) is 24.0 Å². The molecule has 6 heteroatoms. The normalized spacial score (nSPS) is 15.1. The van der Waals surface area contributed by atoms with Crippen molar-refractivity contribution in [3.05, 3.63) is 60.3 Å². The number of carbonyl (C=O) groups is 2. The summed E-state index contributed by atoms with van der Waals surface area (Å²) in [6.45, 7) is 3.72. The lowest BCUT2D eigenvalue weighted by molar-refractivity contribution is -0.123. The number of aromatic nitrogens is 1. The minimum atomic E-state index is -0.907. The quantitative estimate of drug-likeness (QED) is 0.635. The van der Waals surface area contributed by atoms with Gasteiger partial charge >= 0.3 is 5.97 Å². The van der Waals surface area contributed by atoms with Crippen molar-refractivity contribution in [1.82, 2.24) is 4.98 Å². The van der Waals surface area contributed by atoms with Gasteiger partial charge < -0.3 is 19.9 Å². The fourth-order valence-corrected chi connectivity index (χ4v) is 3.61. The van der Waals surface area contributed by atoms with Crippen LogP contribution in [0.25, 0.3) is 10.9 Å². The van der Waals surface area contributed by atoms with E-state index in [0.29, 0.717) is 11.4 Å². The third-order valence-electron chi connectivity index (χ3n) is 5.26. The summed E-state index contributed by atoms with van der Waals surface area (Å²) in [6, 6.07) is 17.1. The number of piperidine rings is 1. The molecule has 1 atom stereocenters. The Balaban J connectivity index is 1.34. The molecule has 1 aliphatic rings. The van der Waals surface area contributed by atoms with Gasteiger partial charge in [-0.2, -0.15) is 0 Å². The van der Waals surface area contributed by atoms with E-state index < -0.39 is 12.1 Å². The second-order valence-corrected chi connectivity index (χ2v) is 7.40. The summed E-state index contributed by atoms with van der Waals surface area (Å²) in [5.41, 5.74) is 3.03. The molecule has 0 radical (unpaired) electrons. The predicted molar refractivity (Wildman–Crippen MR) is 114 cm³/mol. The number of ether oxygens (including phenoxy) is 1. The van der Waals surface area contributed by atoms with Crippen molar-refractivity contribution < 1.29 is 14.3 Å². The van der Waals surface area contributed by atoms with E-state index in [4.69, 9.17) is 4.74 Å². The van der Waals surface area contributed by atoms with Gasteiger partial charge in [0.1, 0.15) is 5.69 Å². The molecular formula is C23H25N3O3. The Morgan fingerprint density at radius 1 is 1.03 bits per heavy atom. The van der Waals surface area contributed by atoms with Crippen LogP contribution < -0.4 is 10.2 Å². The molecule has 1 aliphatic heterocycles. The van der Waals surface area contributed by atoms with Gasteiger partial charge in [0.05, 0.1) is 0 Å². The van der Waals surface area contributed by atoms with Crippen LogP contribution in [0.15, 0.2) is 54.6 Å². The summed E-state index contributed by atoms with van der Waals surface area (Å²) in [6.07, 6.45) is 2.82. The number of H-pyrrole nitrogens is 1. The number of aromatic amines is 1. The predicted octanol–water partition coefficient (Wildman–Crippen LogP) is 4.34. The van der Waals surface area contributed by atoms with Crippen molar-refractivity contribution in [2.24, 2.45) is 0 Å². The molecule has 1 saturated heterocycles. The zero-order valence-corrected chi connectivity index (χ0v) is 16.5. The van der Waals surface area contributed by atoms with E-state index >= 15 is 0 Å². The molecule has 2 N–H and O–H groups in total. The third kappa shape index (κ3) is 4.42. The molecular weight excluding hydrogens is 366 g/mol. The van der Waals surface area contributed by atoms with Crippen LogP contribution in [-0.2, 0) is 9.53 Å². The first-order valence-electron chi connectivity index (χ1n) is 10.0. The molecule has 29 heavy (non-hydrogen) atoms. The number of hydrogen-bond donors (Lipinski definition) is 2. The SMILES string of the molecule is C[C@@H](OC(=O)c1cc2ccccc2[nH]1)C(=O)Nc1ccc(N2CCCCC2)cc1. The molecule has 6 nitrogen and oxygen atoms in total. The average molecular weight is 391 g/mol. The molecule has 0 unspecified atom stereocenters. The van der Waals surface area contributed by atoms with E-state index in [2.05, 4.69) is 15.2 Å². The number of amides is 1. The molecule has 0 aliphatic carbocycles. The summed E-state index contributed by atoms with van der Waals surface area (Å²) >= 11 is 0. The molecule has 0 saturated carbocycles. The van der Waals surface area contributed by atoms with Crippen LogP contribution in [0.3, 0.4) is 0 Å². The highest BCUT2D eigenvalue weighted by molar-refractivity contribution is 5.98. The highest BCUT2D eigenvalue weighted by Gasteiger charge is 2.20. The lowest BCUT2D eigenvalue weighted by Gasteiger charge is -2.28. The van der Waals surface area contributed by atoms with Gasteiger partial charge in [-0.1, -0.05) is 18.2 Å². The van der Waals surface area contributed by atoms with E-state index in [9.17, 15) is 9.59 Å². The zero-order chi connectivity index (χ0) is 20.2. The van der Waals surface area contributed by atoms with Crippen LogP contribution in [0.4, 0.5) is 11.4 Å². The summed E-state index contributed by atoms with van der Waals surface area (Å²) in [5, 5.41) is 3.73. The maximum Gasteiger partial charge on any atom is 0.355 e. The number of hydrogen-bond acceptors (Lipinski definition) is 4. The third-order valence-corrected chi connectivity index (χ3v) is 5.26. The lowest BCUT2D eigenvalue weighted by atomic mass is 10.1. The second-order valence-electron chi connectivity index (χ2n) is 7.40. The van der Waals surface area contributed by atoms with Crippen LogP contribution >= 0.6 is 0 Å². The average Bonchev–Trinajstić information content (AvgIpc) is 3.19. The number of nitrogens with one attached hydrogen (secondary N) is 2. The molecule has 0 bridgehead atoms. The molecule has 3 aromatic rings. The number of nitrogens with zero attached hydrogens (tertiary/aromatic N) is 1. The van der Waals surface area contributed by atoms with Crippen LogP contribution in [0.1, 0.15) is 36.7 Å². The summed E-state index contributed by atoms with van der Waals surface area (Å²) < 4.78 is 5.33. The van der Waals surface area contributed by atoms with Gasteiger partial charge in [-0.05, 0) is 62.6 Å². The lowest BCUT2D eigenvalue weighted by Crippen LogP contribution is -2.30. The van der Waals surface area contributed by atoms with Crippen LogP contribution in [0.2, 0.25) is 0 Å². The summed E-state index contributed by atoms with van der Waals surface area (Å²) in [7, 11) is 0. The van der Waals surface area contributed by atoms with Crippen molar-refractivity contribution in [2.45, 2.75) is 32.3 Å². The van der Waals surface area contributed by atoms with Crippen LogP contribution in [-0.4, -0.2) is 36.1 Å². The number of esters is 1. The molecule has 1 aromatic heterocycles. The number of rotatable bonds is 5. The standard InChI is InChI=1S/C23H25N3O3/c1-16(29-23(28)21-15-17-7-3-4-8-20(17)25-21)22(27)24-18-9-11-19(12-10-18)26-13-5-2-6-14-26/h3-4,7-12,15-16,25H,2,5-6,13-14H2,1H3,(H,24,27)/t16-/m1/s1. The minimum Gasteiger partial charge on any atom is -0.448 e. The largest absolute Gasteiger partial charge is 0.448 e. The van der Waals surface area contributed by atoms with Gasteiger partial charge in [-0.25, -0.2) is 4.79 Å². The Morgan fingerprint density at radius 3 is 2.48 bits per heavy atom. The zero-order valence-electron chi connectivity index (χ0n) is 16.5. The Kier molecular flexibility index (Phi) is 5.51. The monoisotopic (exact) mass is 391 g/mol. The molecule has 1 fully saturated rings. The van der Waals surface area contributed by atoms with E-state index in [1.165, 1.54) is 24.9 Å². The smallest absolute Gasteiger partial charge is 0.355 e. The molecule has 4 rings (SSSR count). The van der Waals surface area contributed by atoms with E-state index in [-0.39, 0.29) is 5.91 Å². The van der Waals surface area contributed by atoms with Gasteiger partial charge in [0, 0.05) is 35.4 Å². The Morgan fingerprint density at radius 2 is 1.76 bits per heavy atom. The second kappa shape index (κ2) is 8.39. The fraction of sp³-hybridized carbons (Fsp3) is 0.304. The van der Waals surface area contributed by atoms with Crippen molar-refractivity contribution in [3.8, 4) is 0 Å². The molecule has 1 amide bonds. The van der Waals surface area contributed by atoms with E-state index in [1.807, 2.05) is 48.5 Å². The van der Waals surface area contributed by atoms with Crippen molar-refractivity contribution in [2.75, 3.05) is 23.3 Å². The van der Waals surface area contributed by atoms with Crippen LogP contribution in [0, 0.1) is 0 Å². The number of para-hydroxylation sites is 1. The fourth-order valence-electron chi connectivity index (χ4n) is 3.61. The Labute approximate surface area is 169 Å². The summed E-state index contributed by atoms with van der Waals surface area (Å²) in [5.74, 6) is -0.913. The number of fused-ring (bicyclic) bond motifs is 1. The van der Waals surface area contributed by atoms with Gasteiger partial charge in [-0.15, -0.1) is 0 Å². The first-order chi connectivity index (χ1) is 14.1. The topological polar surface area (TPSA) is 74.4 Å². The Hall–Kier alpha value is -3.28. The maximum atomic E-state index is 12.4. The first-order valence-corrected chi connectivity index (χ1v) is 10.0. The summed E-state index contributed by atoms with van der Waals surface area (Å²) in [4.78, 5) is 30.2. The highest BCUT2D eigenvalue weighted by atomic mass is 16.5. The van der Waals surface area contributed by atoms with Crippen molar-refractivity contribution in [1.29, 1.82) is 0 Å². The molecule has 150 valence electrons. The van der Waals surface area contributed by atoms with Crippen molar-refractivity contribution >= 4 is 34.2 Å². The minimum absolute atomic E-state index is 0.330. The highest BCUT2D eigenvalue weighted by Crippen LogP contribution is 2.22. The van der Waals surface area contributed by atoms with Gasteiger partial charge in [0.2, 0.25) is 0 Å².